The number of aliphatic carboxylic acids is 1. The molecule has 0 amide bonds. The van der Waals surface area contributed by atoms with Crippen LogP contribution < -0.4 is 0 Å². The maximum absolute atomic E-state index is 12.6. The molecule has 1 aliphatic carbocycles. The third-order valence-corrected chi connectivity index (χ3v) is 6.48. The Hall–Kier alpha value is -1.06. The molecular weight excluding hydrogens is 376 g/mol. The van der Waals surface area contributed by atoms with Gasteiger partial charge in [0, 0.05) is 0 Å². The van der Waals surface area contributed by atoms with Crippen LogP contribution in [0.1, 0.15) is 124 Å². The van der Waals surface area contributed by atoms with Crippen LogP contribution in [0, 0.1) is 23.7 Å². The van der Waals surface area contributed by atoms with Gasteiger partial charge < -0.3 is 9.84 Å². The van der Waals surface area contributed by atoms with Crippen molar-refractivity contribution in [2.24, 2.45) is 23.7 Å². The van der Waals surface area contributed by atoms with Gasteiger partial charge in [-0.25, -0.2) is 0 Å². The van der Waals surface area contributed by atoms with Crippen LogP contribution in [0.3, 0.4) is 0 Å². The van der Waals surface area contributed by atoms with Crippen molar-refractivity contribution in [2.45, 2.75) is 130 Å². The first kappa shape index (κ1) is 27.0. The first-order valence-corrected chi connectivity index (χ1v) is 12.7. The Bertz CT molecular complexity index is 464. The fraction of sp³-hybridized carbons (Fsp3) is 0.923. The summed E-state index contributed by atoms with van der Waals surface area (Å²) in [7, 11) is 0. The molecular formula is C26H48O4. The van der Waals surface area contributed by atoms with Crippen LogP contribution in [0.15, 0.2) is 0 Å². The lowest BCUT2D eigenvalue weighted by Gasteiger charge is -2.27. The predicted molar refractivity (Wildman–Crippen MR) is 123 cm³/mol. The summed E-state index contributed by atoms with van der Waals surface area (Å²) >= 11 is 0. The molecule has 0 aromatic rings. The van der Waals surface area contributed by atoms with Crippen molar-refractivity contribution in [2.75, 3.05) is 0 Å². The lowest BCUT2D eigenvalue weighted by atomic mass is 9.82. The zero-order valence-electron chi connectivity index (χ0n) is 20.2. The van der Waals surface area contributed by atoms with E-state index in [0.717, 1.165) is 25.2 Å². The summed E-state index contributed by atoms with van der Waals surface area (Å²) in [6.07, 6.45) is 16.2. The van der Waals surface area contributed by atoms with E-state index >= 15 is 0 Å². The Morgan fingerprint density at radius 3 is 1.67 bits per heavy atom. The number of unbranched alkanes of at least 4 members (excludes halogenated alkanes) is 7. The second kappa shape index (κ2) is 15.7. The van der Waals surface area contributed by atoms with Crippen molar-refractivity contribution in [3.05, 3.63) is 0 Å². The highest BCUT2D eigenvalue weighted by molar-refractivity contribution is 5.74. The second-order valence-corrected chi connectivity index (χ2v) is 10.4. The van der Waals surface area contributed by atoms with Gasteiger partial charge in [-0.05, 0) is 56.8 Å². The highest BCUT2D eigenvalue weighted by atomic mass is 16.5. The molecule has 1 atom stereocenters. The summed E-state index contributed by atoms with van der Waals surface area (Å²) in [6, 6.07) is 0. The Kier molecular flexibility index (Phi) is 14.1. The Labute approximate surface area is 185 Å². The first-order chi connectivity index (χ1) is 14.3. The summed E-state index contributed by atoms with van der Waals surface area (Å²) in [5, 5.41) is 9.12. The van der Waals surface area contributed by atoms with Gasteiger partial charge in [-0.2, -0.15) is 0 Å². The molecule has 1 unspecified atom stereocenters. The molecule has 1 saturated carbocycles. The zero-order valence-corrected chi connectivity index (χ0v) is 20.2. The van der Waals surface area contributed by atoms with Gasteiger partial charge in [-0.1, -0.05) is 79.1 Å². The predicted octanol–water partition coefficient (Wildman–Crippen LogP) is 7.39. The Morgan fingerprint density at radius 2 is 1.20 bits per heavy atom. The lowest BCUT2D eigenvalue weighted by molar-refractivity contribution is -0.158. The third kappa shape index (κ3) is 12.6. The van der Waals surface area contributed by atoms with Crippen molar-refractivity contribution in [1.82, 2.24) is 0 Å². The molecule has 0 radical (unpaired) electrons. The number of carboxylic acid groups (broad SMARTS) is 1. The topological polar surface area (TPSA) is 63.6 Å². The molecule has 1 rings (SSSR count). The van der Waals surface area contributed by atoms with Crippen molar-refractivity contribution in [3.8, 4) is 0 Å². The number of carbonyl (C=O) groups is 2. The number of carboxylic acids is 1. The Balaban J connectivity index is 2.19. The van der Waals surface area contributed by atoms with Gasteiger partial charge in [0.15, 0.2) is 0 Å². The highest BCUT2D eigenvalue weighted by Crippen LogP contribution is 2.30. The lowest BCUT2D eigenvalue weighted by Crippen LogP contribution is -2.30. The van der Waals surface area contributed by atoms with Gasteiger partial charge in [0.05, 0.1) is 11.8 Å². The van der Waals surface area contributed by atoms with Crippen LogP contribution >= 0.6 is 0 Å². The van der Waals surface area contributed by atoms with Crippen LogP contribution in [-0.4, -0.2) is 23.1 Å². The maximum Gasteiger partial charge on any atom is 0.309 e. The van der Waals surface area contributed by atoms with Gasteiger partial charge in [0.25, 0.3) is 0 Å². The van der Waals surface area contributed by atoms with Gasteiger partial charge in [-0.3, -0.25) is 9.59 Å². The zero-order chi connectivity index (χ0) is 22.4. The van der Waals surface area contributed by atoms with Gasteiger partial charge >= 0.3 is 11.9 Å². The minimum absolute atomic E-state index is 0.0192. The molecule has 1 fully saturated rings. The van der Waals surface area contributed by atoms with Crippen molar-refractivity contribution in [1.29, 1.82) is 0 Å². The summed E-state index contributed by atoms with van der Waals surface area (Å²) < 4.78 is 5.90. The maximum atomic E-state index is 12.6. The number of esters is 1. The SMILES string of the molecule is CC(C)CCCCCCCCCCC(CC(C)C)OC(=O)C1CCC(C(=O)O)CC1. The van der Waals surface area contributed by atoms with E-state index in [4.69, 9.17) is 9.84 Å². The van der Waals surface area contributed by atoms with Gasteiger partial charge in [-0.15, -0.1) is 0 Å². The molecule has 0 heterocycles. The smallest absolute Gasteiger partial charge is 0.309 e. The molecule has 0 bridgehead atoms. The highest BCUT2D eigenvalue weighted by Gasteiger charge is 2.31. The molecule has 0 spiro atoms. The molecule has 176 valence electrons. The molecule has 4 heteroatoms. The number of hydrogen-bond donors (Lipinski definition) is 1. The van der Waals surface area contributed by atoms with E-state index in [0.29, 0.717) is 31.6 Å². The van der Waals surface area contributed by atoms with Crippen LogP contribution in [0.2, 0.25) is 0 Å². The molecule has 30 heavy (non-hydrogen) atoms. The third-order valence-electron chi connectivity index (χ3n) is 6.48. The standard InChI is InChI=1S/C26H48O4/c1-20(2)13-11-9-7-5-6-8-10-12-14-24(19-21(3)4)30-26(29)23-17-15-22(16-18-23)25(27)28/h20-24H,5-19H2,1-4H3,(H,27,28). The molecule has 4 nitrogen and oxygen atoms in total. The van der Waals surface area contributed by atoms with Crippen molar-refractivity contribution >= 4 is 11.9 Å². The number of hydrogen-bond acceptors (Lipinski definition) is 3. The molecule has 1 N–H and O–H groups in total. The monoisotopic (exact) mass is 424 g/mol. The van der Waals surface area contributed by atoms with Crippen LogP contribution in [0.5, 0.6) is 0 Å². The van der Waals surface area contributed by atoms with Crippen LogP contribution in [-0.2, 0) is 14.3 Å². The summed E-state index contributed by atoms with van der Waals surface area (Å²) in [6.45, 7) is 8.96. The second-order valence-electron chi connectivity index (χ2n) is 10.4. The number of carbonyl (C=O) groups excluding carboxylic acids is 1. The van der Waals surface area contributed by atoms with E-state index in [1.54, 1.807) is 0 Å². The number of ether oxygens (including phenoxy) is 1. The minimum atomic E-state index is -0.727. The fourth-order valence-electron chi connectivity index (χ4n) is 4.57. The average molecular weight is 425 g/mol. The van der Waals surface area contributed by atoms with Gasteiger partial charge in [0.1, 0.15) is 6.10 Å². The van der Waals surface area contributed by atoms with E-state index in [1.165, 1.54) is 51.4 Å². The summed E-state index contributed by atoms with van der Waals surface area (Å²) in [4.78, 5) is 23.7. The quantitative estimate of drug-likeness (QED) is 0.207. The van der Waals surface area contributed by atoms with Gasteiger partial charge in [0.2, 0.25) is 0 Å². The van der Waals surface area contributed by atoms with Crippen molar-refractivity contribution < 1.29 is 19.4 Å². The molecule has 0 aliphatic heterocycles. The Morgan fingerprint density at radius 1 is 0.733 bits per heavy atom. The number of rotatable bonds is 16. The molecule has 0 aromatic heterocycles. The van der Waals surface area contributed by atoms with E-state index in [-0.39, 0.29) is 23.9 Å². The summed E-state index contributed by atoms with van der Waals surface area (Å²) in [5.41, 5.74) is 0. The first-order valence-electron chi connectivity index (χ1n) is 12.7. The molecule has 0 saturated heterocycles. The van der Waals surface area contributed by atoms with E-state index in [2.05, 4.69) is 27.7 Å². The average Bonchev–Trinajstić information content (AvgIpc) is 2.68. The van der Waals surface area contributed by atoms with E-state index in [1.807, 2.05) is 0 Å². The fourth-order valence-corrected chi connectivity index (χ4v) is 4.57. The van der Waals surface area contributed by atoms with Crippen molar-refractivity contribution in [3.63, 3.8) is 0 Å². The minimum Gasteiger partial charge on any atom is -0.481 e. The largest absolute Gasteiger partial charge is 0.481 e. The van der Waals surface area contributed by atoms with E-state index < -0.39 is 5.97 Å². The van der Waals surface area contributed by atoms with Crippen LogP contribution in [0.4, 0.5) is 0 Å². The van der Waals surface area contributed by atoms with E-state index in [9.17, 15) is 9.59 Å². The van der Waals surface area contributed by atoms with Crippen LogP contribution in [0.25, 0.3) is 0 Å². The normalized spacial score (nSPS) is 20.5. The summed E-state index contributed by atoms with van der Waals surface area (Å²) in [5.74, 6) is 0.136. The molecule has 1 aliphatic rings. The molecule has 0 aromatic carbocycles.